The zero-order valence-electron chi connectivity index (χ0n) is 9.18. The Morgan fingerprint density at radius 2 is 2.25 bits per heavy atom. The first-order valence-corrected chi connectivity index (χ1v) is 6.10. The van der Waals surface area contributed by atoms with Gasteiger partial charge in [0.25, 0.3) is 0 Å². The monoisotopic (exact) mass is 304 g/mol. The molecular formula is C11H14BrClN2O. The van der Waals surface area contributed by atoms with E-state index in [9.17, 15) is 4.79 Å². The van der Waals surface area contributed by atoms with Crippen LogP contribution in [0.25, 0.3) is 0 Å². The van der Waals surface area contributed by atoms with E-state index in [0.29, 0.717) is 11.6 Å². The van der Waals surface area contributed by atoms with Crippen molar-refractivity contribution in [3.8, 4) is 0 Å². The van der Waals surface area contributed by atoms with Gasteiger partial charge in [-0.25, -0.2) is 0 Å². The average Bonchev–Trinajstić information content (AvgIpc) is 2.26. The highest BCUT2D eigenvalue weighted by Gasteiger charge is 2.10. The molecule has 1 aromatic carbocycles. The van der Waals surface area contributed by atoms with Crippen molar-refractivity contribution in [1.29, 1.82) is 0 Å². The highest BCUT2D eigenvalue weighted by molar-refractivity contribution is 9.10. The molecule has 2 N–H and O–H groups in total. The van der Waals surface area contributed by atoms with E-state index in [2.05, 4.69) is 26.6 Å². The molecule has 1 amide bonds. The molecule has 5 heteroatoms. The average molecular weight is 306 g/mol. The largest absolute Gasteiger partial charge is 0.358 e. The van der Waals surface area contributed by atoms with Crippen LogP contribution in [0.2, 0.25) is 5.02 Å². The molecule has 16 heavy (non-hydrogen) atoms. The maximum absolute atomic E-state index is 11.3. The third kappa shape index (κ3) is 3.77. The highest BCUT2D eigenvalue weighted by Crippen LogP contribution is 2.21. The van der Waals surface area contributed by atoms with Gasteiger partial charge in [0, 0.05) is 23.1 Å². The van der Waals surface area contributed by atoms with E-state index in [-0.39, 0.29) is 11.9 Å². The number of carbonyl (C=O) groups excluding carboxylic acids is 1. The number of halogens is 2. The number of likely N-dealkylation sites (N-methyl/N-ethyl adjacent to an activating group) is 1. The van der Waals surface area contributed by atoms with Gasteiger partial charge in [-0.05, 0) is 24.6 Å². The van der Waals surface area contributed by atoms with Crippen molar-refractivity contribution in [2.24, 2.45) is 0 Å². The Hall–Kier alpha value is -0.580. The summed E-state index contributed by atoms with van der Waals surface area (Å²) in [6.07, 6.45) is 0. The molecule has 0 bridgehead atoms. The third-order valence-corrected chi connectivity index (χ3v) is 3.10. The van der Waals surface area contributed by atoms with E-state index in [1.165, 1.54) is 0 Å². The van der Waals surface area contributed by atoms with Crippen LogP contribution in [0.4, 0.5) is 0 Å². The minimum absolute atomic E-state index is 0.0340. The Labute approximate surface area is 109 Å². The Bertz CT molecular complexity index is 384. The van der Waals surface area contributed by atoms with Gasteiger partial charge in [-0.3, -0.25) is 4.79 Å². The fraction of sp³-hybridized carbons (Fsp3) is 0.364. The fourth-order valence-electron chi connectivity index (χ4n) is 1.24. The van der Waals surface area contributed by atoms with Gasteiger partial charge in [0.1, 0.15) is 0 Å². The zero-order valence-corrected chi connectivity index (χ0v) is 11.5. The second-order valence-electron chi connectivity index (χ2n) is 3.45. The summed E-state index contributed by atoms with van der Waals surface area (Å²) in [6.45, 7) is 2.38. The van der Waals surface area contributed by atoms with Crippen molar-refractivity contribution >= 4 is 33.4 Å². The Kier molecular flexibility index (Phi) is 5.25. The first-order valence-electron chi connectivity index (χ1n) is 4.93. The summed E-state index contributed by atoms with van der Waals surface area (Å²) in [6, 6.07) is 5.46. The molecule has 0 saturated carbocycles. The summed E-state index contributed by atoms with van der Waals surface area (Å²) in [4.78, 5) is 11.3. The molecule has 0 aliphatic carbocycles. The first kappa shape index (κ1) is 13.5. The Balaban J connectivity index is 2.58. The molecule has 0 heterocycles. The van der Waals surface area contributed by atoms with Gasteiger partial charge in [0.05, 0.1) is 6.04 Å². The molecule has 1 atom stereocenters. The minimum atomic E-state index is -0.232. The molecule has 0 aliphatic heterocycles. The molecule has 0 aliphatic rings. The lowest BCUT2D eigenvalue weighted by Crippen LogP contribution is -2.40. The highest BCUT2D eigenvalue weighted by atomic mass is 79.9. The van der Waals surface area contributed by atoms with Crippen LogP contribution in [0, 0.1) is 0 Å². The smallest absolute Gasteiger partial charge is 0.236 e. The predicted molar refractivity (Wildman–Crippen MR) is 69.5 cm³/mol. The van der Waals surface area contributed by atoms with Crippen molar-refractivity contribution < 1.29 is 4.79 Å². The van der Waals surface area contributed by atoms with Gasteiger partial charge < -0.3 is 10.6 Å². The molecule has 0 fully saturated rings. The third-order valence-electron chi connectivity index (χ3n) is 2.25. The SMILES string of the molecule is CNC(=O)[C@@H](C)NCc1ccc(Br)cc1Cl. The van der Waals surface area contributed by atoms with E-state index in [0.717, 1.165) is 10.0 Å². The van der Waals surface area contributed by atoms with Crippen LogP contribution in [0.15, 0.2) is 22.7 Å². The normalized spacial score (nSPS) is 12.2. The number of amides is 1. The van der Waals surface area contributed by atoms with E-state index in [1.54, 1.807) is 7.05 Å². The molecule has 0 unspecified atom stereocenters. The van der Waals surface area contributed by atoms with Crippen molar-refractivity contribution in [2.45, 2.75) is 19.5 Å². The summed E-state index contributed by atoms with van der Waals surface area (Å²) < 4.78 is 0.945. The lowest BCUT2D eigenvalue weighted by atomic mass is 10.2. The fourth-order valence-corrected chi connectivity index (χ4v) is 1.98. The Morgan fingerprint density at radius 3 is 2.81 bits per heavy atom. The second kappa shape index (κ2) is 6.23. The predicted octanol–water partition coefficient (Wildman–Crippen LogP) is 2.33. The van der Waals surface area contributed by atoms with Gasteiger partial charge in [-0.15, -0.1) is 0 Å². The molecule has 1 rings (SSSR count). The number of rotatable bonds is 4. The van der Waals surface area contributed by atoms with Gasteiger partial charge in [0.15, 0.2) is 0 Å². The van der Waals surface area contributed by atoms with E-state index in [4.69, 9.17) is 11.6 Å². The van der Waals surface area contributed by atoms with Gasteiger partial charge in [-0.2, -0.15) is 0 Å². The van der Waals surface area contributed by atoms with Gasteiger partial charge in [-0.1, -0.05) is 33.6 Å². The first-order chi connectivity index (χ1) is 7.54. The summed E-state index contributed by atoms with van der Waals surface area (Å²) in [7, 11) is 1.62. The summed E-state index contributed by atoms with van der Waals surface area (Å²) in [5.41, 5.74) is 0.973. The van der Waals surface area contributed by atoms with Crippen LogP contribution in [0.5, 0.6) is 0 Å². The quantitative estimate of drug-likeness (QED) is 0.896. The van der Waals surface area contributed by atoms with Crippen molar-refractivity contribution in [3.63, 3.8) is 0 Å². The summed E-state index contributed by atoms with van der Waals surface area (Å²) in [5.74, 6) is -0.0340. The second-order valence-corrected chi connectivity index (χ2v) is 4.78. The van der Waals surface area contributed by atoms with Crippen molar-refractivity contribution in [2.75, 3.05) is 7.05 Å². The molecule has 0 saturated heterocycles. The van der Waals surface area contributed by atoms with Crippen molar-refractivity contribution in [1.82, 2.24) is 10.6 Å². The molecule has 0 aromatic heterocycles. The molecule has 0 radical (unpaired) electrons. The van der Waals surface area contributed by atoms with Gasteiger partial charge in [0.2, 0.25) is 5.91 Å². The number of hydrogen-bond donors (Lipinski definition) is 2. The zero-order chi connectivity index (χ0) is 12.1. The van der Waals surface area contributed by atoms with Gasteiger partial charge >= 0.3 is 0 Å². The standard InChI is InChI=1S/C11H14BrClN2O/c1-7(11(16)14-2)15-6-8-3-4-9(12)5-10(8)13/h3-5,7,15H,6H2,1-2H3,(H,14,16)/t7-/m1/s1. The van der Waals surface area contributed by atoms with E-state index < -0.39 is 0 Å². The topological polar surface area (TPSA) is 41.1 Å². The number of carbonyl (C=O) groups is 1. The number of benzene rings is 1. The number of hydrogen-bond acceptors (Lipinski definition) is 2. The van der Waals surface area contributed by atoms with Crippen LogP contribution >= 0.6 is 27.5 Å². The molecule has 0 spiro atoms. The van der Waals surface area contributed by atoms with Crippen LogP contribution in [-0.2, 0) is 11.3 Å². The molecule has 88 valence electrons. The summed E-state index contributed by atoms with van der Waals surface area (Å²) >= 11 is 9.40. The lowest BCUT2D eigenvalue weighted by Gasteiger charge is -2.13. The maximum atomic E-state index is 11.3. The number of nitrogens with one attached hydrogen (secondary N) is 2. The van der Waals surface area contributed by atoms with E-state index in [1.807, 2.05) is 25.1 Å². The Morgan fingerprint density at radius 1 is 1.56 bits per heavy atom. The van der Waals surface area contributed by atoms with Crippen LogP contribution in [-0.4, -0.2) is 19.0 Å². The van der Waals surface area contributed by atoms with Crippen molar-refractivity contribution in [3.05, 3.63) is 33.3 Å². The van der Waals surface area contributed by atoms with Crippen LogP contribution in [0.3, 0.4) is 0 Å². The molecule has 3 nitrogen and oxygen atoms in total. The minimum Gasteiger partial charge on any atom is -0.358 e. The molecule has 1 aromatic rings. The lowest BCUT2D eigenvalue weighted by molar-refractivity contribution is -0.122. The van der Waals surface area contributed by atoms with E-state index >= 15 is 0 Å². The maximum Gasteiger partial charge on any atom is 0.236 e. The summed E-state index contributed by atoms with van der Waals surface area (Å²) in [5, 5.41) is 6.37. The van der Waals surface area contributed by atoms with Crippen LogP contribution in [0.1, 0.15) is 12.5 Å². The molecular weight excluding hydrogens is 291 g/mol. The van der Waals surface area contributed by atoms with Crippen LogP contribution < -0.4 is 10.6 Å².